The predicted molar refractivity (Wildman–Crippen MR) is 146 cm³/mol. The van der Waals surface area contributed by atoms with Crippen LogP contribution in [0.15, 0.2) is 36.4 Å². The van der Waals surface area contributed by atoms with Crippen molar-refractivity contribution < 1.29 is 47.6 Å². The van der Waals surface area contributed by atoms with Crippen molar-refractivity contribution in [1.82, 2.24) is 0 Å². The highest BCUT2D eigenvalue weighted by Gasteiger charge is 2.15. The van der Waals surface area contributed by atoms with Gasteiger partial charge in [-0.15, -0.1) is 0 Å². The Bertz CT molecular complexity index is 983. The first kappa shape index (κ1) is 32.1. The summed E-state index contributed by atoms with van der Waals surface area (Å²) < 4.78 is 30.5. The number of benzene rings is 2. The molecule has 0 saturated carbocycles. The third kappa shape index (κ3) is 10.6. The van der Waals surface area contributed by atoms with Crippen LogP contribution < -0.4 is 9.47 Å². The monoisotopic (exact) mass is 558 g/mol. The fraction of sp³-hybridized carbons (Fsp3) is 0.467. The molecule has 0 spiro atoms. The molecule has 0 heterocycles. The molecule has 0 aliphatic rings. The van der Waals surface area contributed by atoms with Crippen LogP contribution in [0, 0.1) is 0 Å². The van der Waals surface area contributed by atoms with Crippen LogP contribution in [0.2, 0.25) is 0 Å². The highest BCUT2D eigenvalue weighted by Crippen LogP contribution is 2.21. The number of unbranched alkanes of at least 4 members (excludes halogenated alkanes) is 7. The van der Waals surface area contributed by atoms with Crippen molar-refractivity contribution in [3.63, 3.8) is 0 Å². The molecular weight excluding hydrogens is 520 g/mol. The minimum absolute atomic E-state index is 0.228. The number of hydrogen-bond donors (Lipinski definition) is 0. The lowest BCUT2D eigenvalue weighted by molar-refractivity contribution is 0.0580. The Labute approximate surface area is 234 Å². The molecule has 40 heavy (non-hydrogen) atoms. The molecule has 2 aromatic rings. The van der Waals surface area contributed by atoms with Gasteiger partial charge in [0.15, 0.2) is 0 Å². The Morgan fingerprint density at radius 1 is 0.425 bits per heavy atom. The summed E-state index contributed by atoms with van der Waals surface area (Å²) in [7, 11) is 5.10. The number of carbonyl (C=O) groups is 4. The Morgan fingerprint density at radius 3 is 0.925 bits per heavy atom. The molecule has 10 heteroatoms. The van der Waals surface area contributed by atoms with E-state index in [0.717, 1.165) is 51.4 Å². The van der Waals surface area contributed by atoms with E-state index in [1.807, 2.05) is 0 Å². The van der Waals surface area contributed by atoms with Gasteiger partial charge in [-0.2, -0.15) is 0 Å². The molecule has 10 nitrogen and oxygen atoms in total. The average molecular weight is 559 g/mol. The largest absolute Gasteiger partial charge is 0.494 e. The van der Waals surface area contributed by atoms with E-state index < -0.39 is 23.9 Å². The molecule has 218 valence electrons. The van der Waals surface area contributed by atoms with E-state index in [2.05, 4.69) is 0 Å². The molecule has 0 N–H and O–H groups in total. The summed E-state index contributed by atoms with van der Waals surface area (Å²) in [6.45, 7) is 0.939. The van der Waals surface area contributed by atoms with Crippen LogP contribution in [-0.4, -0.2) is 65.5 Å². The smallest absolute Gasteiger partial charge is 0.338 e. The maximum Gasteiger partial charge on any atom is 0.338 e. The number of rotatable bonds is 17. The summed E-state index contributed by atoms with van der Waals surface area (Å²) in [4.78, 5) is 47.5. The van der Waals surface area contributed by atoms with Crippen LogP contribution >= 0.6 is 0 Å². The fourth-order valence-electron chi connectivity index (χ4n) is 3.95. The molecule has 0 saturated heterocycles. The van der Waals surface area contributed by atoms with E-state index in [4.69, 9.17) is 28.4 Å². The van der Waals surface area contributed by atoms with Gasteiger partial charge in [-0.25, -0.2) is 19.2 Å². The Balaban J connectivity index is 1.62. The lowest BCUT2D eigenvalue weighted by Gasteiger charge is -2.10. The maximum atomic E-state index is 11.9. The van der Waals surface area contributed by atoms with Crippen molar-refractivity contribution in [3.8, 4) is 11.5 Å². The zero-order chi connectivity index (χ0) is 29.3. The summed E-state index contributed by atoms with van der Waals surface area (Å²) in [5.41, 5.74) is 0.913. The van der Waals surface area contributed by atoms with Crippen LogP contribution in [0.25, 0.3) is 0 Å². The van der Waals surface area contributed by atoms with E-state index in [-0.39, 0.29) is 22.3 Å². The topological polar surface area (TPSA) is 124 Å². The van der Waals surface area contributed by atoms with E-state index in [1.165, 1.54) is 40.6 Å². The Hall–Kier alpha value is -4.08. The molecule has 0 amide bonds. The van der Waals surface area contributed by atoms with Gasteiger partial charge in [0.1, 0.15) is 11.5 Å². The normalized spacial score (nSPS) is 10.4. The van der Waals surface area contributed by atoms with Crippen LogP contribution in [0.5, 0.6) is 11.5 Å². The number of ether oxygens (including phenoxy) is 6. The minimum Gasteiger partial charge on any atom is -0.494 e. The Kier molecular flexibility index (Phi) is 14.1. The molecule has 0 atom stereocenters. The zero-order valence-electron chi connectivity index (χ0n) is 23.6. The highest BCUT2D eigenvalue weighted by atomic mass is 16.5. The van der Waals surface area contributed by atoms with Gasteiger partial charge in [0.25, 0.3) is 0 Å². The van der Waals surface area contributed by atoms with E-state index in [9.17, 15) is 19.2 Å². The van der Waals surface area contributed by atoms with Gasteiger partial charge in [0, 0.05) is 0 Å². The molecule has 0 aromatic heterocycles. The second-order valence-corrected chi connectivity index (χ2v) is 8.98. The third-order valence-corrected chi connectivity index (χ3v) is 6.07. The average Bonchev–Trinajstić information content (AvgIpc) is 2.99. The summed E-state index contributed by atoms with van der Waals surface area (Å²) in [6, 6.07) is 9.04. The number of esters is 4. The van der Waals surface area contributed by atoms with Crippen molar-refractivity contribution in [2.24, 2.45) is 0 Å². The van der Waals surface area contributed by atoms with Crippen molar-refractivity contribution in [2.45, 2.75) is 51.4 Å². The second-order valence-electron chi connectivity index (χ2n) is 8.98. The summed E-state index contributed by atoms with van der Waals surface area (Å²) in [5.74, 6) is -1.37. The predicted octanol–water partition coefficient (Wildman–Crippen LogP) is 5.41. The van der Waals surface area contributed by atoms with Crippen LogP contribution in [0.4, 0.5) is 0 Å². The van der Waals surface area contributed by atoms with Gasteiger partial charge in [0.2, 0.25) is 0 Å². The van der Waals surface area contributed by atoms with Gasteiger partial charge in [-0.1, -0.05) is 38.5 Å². The van der Waals surface area contributed by atoms with Gasteiger partial charge in [-0.3, -0.25) is 0 Å². The highest BCUT2D eigenvalue weighted by molar-refractivity contribution is 5.96. The minimum atomic E-state index is -0.553. The van der Waals surface area contributed by atoms with Gasteiger partial charge in [0.05, 0.1) is 63.9 Å². The second kappa shape index (κ2) is 17.5. The fourth-order valence-corrected chi connectivity index (χ4v) is 3.95. The summed E-state index contributed by atoms with van der Waals surface area (Å²) in [6.07, 6.45) is 8.07. The Morgan fingerprint density at radius 2 is 0.675 bits per heavy atom. The number of carbonyl (C=O) groups excluding carboxylic acids is 4. The molecule has 0 fully saturated rings. The molecule has 0 bridgehead atoms. The number of hydrogen-bond acceptors (Lipinski definition) is 10. The lowest BCUT2D eigenvalue weighted by atomic mass is 10.1. The van der Waals surface area contributed by atoms with Crippen LogP contribution in [0.3, 0.4) is 0 Å². The quantitative estimate of drug-likeness (QED) is 0.141. The van der Waals surface area contributed by atoms with Gasteiger partial charge < -0.3 is 28.4 Å². The van der Waals surface area contributed by atoms with E-state index in [0.29, 0.717) is 24.7 Å². The lowest BCUT2D eigenvalue weighted by Crippen LogP contribution is -2.08. The first-order valence-corrected chi connectivity index (χ1v) is 13.2. The first-order valence-electron chi connectivity index (χ1n) is 13.2. The van der Waals surface area contributed by atoms with Crippen molar-refractivity contribution in [1.29, 1.82) is 0 Å². The van der Waals surface area contributed by atoms with Gasteiger partial charge >= 0.3 is 23.9 Å². The molecule has 2 aromatic carbocycles. The van der Waals surface area contributed by atoms with Crippen molar-refractivity contribution in [3.05, 3.63) is 58.7 Å². The molecule has 0 radical (unpaired) electrons. The van der Waals surface area contributed by atoms with Crippen LogP contribution in [-0.2, 0) is 18.9 Å². The molecule has 0 aliphatic carbocycles. The van der Waals surface area contributed by atoms with E-state index in [1.54, 1.807) is 24.3 Å². The molecular formula is C30H38O10. The molecule has 0 aliphatic heterocycles. The van der Waals surface area contributed by atoms with Crippen molar-refractivity contribution in [2.75, 3.05) is 41.7 Å². The maximum absolute atomic E-state index is 11.9. The van der Waals surface area contributed by atoms with Gasteiger partial charge in [-0.05, 0) is 49.2 Å². The number of methoxy groups -OCH3 is 4. The zero-order valence-corrected chi connectivity index (χ0v) is 23.6. The SMILES string of the molecule is COC(=O)c1cc(OCCCCCCCCCCOc2cc(C(=O)OC)cc(C(=O)OC)c2)cc(C(=O)OC)c1. The summed E-state index contributed by atoms with van der Waals surface area (Å²) in [5, 5.41) is 0. The van der Waals surface area contributed by atoms with Crippen molar-refractivity contribution >= 4 is 23.9 Å². The molecule has 2 rings (SSSR count). The standard InChI is InChI=1S/C30H38O10/c1-35-27(31)21-15-22(28(32)36-2)18-25(17-21)39-13-11-9-7-5-6-8-10-12-14-40-26-19-23(29(33)37-3)16-24(20-26)30(34)38-4/h15-20H,5-14H2,1-4H3. The first-order chi connectivity index (χ1) is 19.3. The third-order valence-electron chi connectivity index (χ3n) is 6.07. The van der Waals surface area contributed by atoms with E-state index >= 15 is 0 Å². The van der Waals surface area contributed by atoms with Crippen LogP contribution in [0.1, 0.15) is 92.8 Å². The molecule has 0 unspecified atom stereocenters. The summed E-state index contributed by atoms with van der Waals surface area (Å²) >= 11 is 0.